The molecule has 0 radical (unpaired) electrons. The molecule has 3 unspecified atom stereocenters. The van der Waals surface area contributed by atoms with Crippen molar-refractivity contribution in [3.05, 3.63) is 42.5 Å². The second kappa shape index (κ2) is 19.6. The third kappa shape index (κ3) is 10.0. The highest BCUT2D eigenvalue weighted by Crippen LogP contribution is 2.47. The summed E-state index contributed by atoms with van der Waals surface area (Å²) in [6, 6.07) is 5.78. The summed E-state index contributed by atoms with van der Waals surface area (Å²) in [4.78, 5) is 66.6. The smallest absolute Gasteiger partial charge is 0.408 e. The average Bonchev–Trinajstić information content (AvgIpc) is 4.13. The summed E-state index contributed by atoms with van der Waals surface area (Å²) in [6.07, 6.45) is 12.0. The maximum Gasteiger partial charge on any atom is 0.408 e. The van der Waals surface area contributed by atoms with Crippen molar-refractivity contribution in [2.24, 2.45) is 17.8 Å². The van der Waals surface area contributed by atoms with Crippen LogP contribution in [0.5, 0.6) is 11.6 Å². The Hall–Kier alpha value is -4.48. The van der Waals surface area contributed by atoms with E-state index in [0.29, 0.717) is 43.2 Å². The van der Waals surface area contributed by atoms with Gasteiger partial charge in [0.15, 0.2) is 0 Å². The molecule has 4 aliphatic carbocycles. The van der Waals surface area contributed by atoms with Crippen LogP contribution in [0.1, 0.15) is 115 Å². The number of rotatable bonds is 12. The molecule has 16 nitrogen and oxygen atoms in total. The van der Waals surface area contributed by atoms with Crippen molar-refractivity contribution < 1.29 is 46.5 Å². The molecule has 2 aromatic rings. The maximum atomic E-state index is 15.2. The van der Waals surface area contributed by atoms with Gasteiger partial charge in [-0.1, -0.05) is 50.3 Å². The van der Waals surface area contributed by atoms with E-state index in [2.05, 4.69) is 26.8 Å². The second-order valence-electron chi connectivity index (χ2n) is 20.2. The van der Waals surface area contributed by atoms with E-state index in [1.165, 1.54) is 4.90 Å². The van der Waals surface area contributed by atoms with Crippen molar-refractivity contribution >= 4 is 44.7 Å². The Bertz CT molecular complexity index is 2260. The number of hydrogen-bond donors (Lipinski definition) is 3. The van der Waals surface area contributed by atoms with Gasteiger partial charge in [-0.2, -0.15) is 0 Å². The fourth-order valence-corrected chi connectivity index (χ4v) is 12.4. The molecule has 3 N–H and O–H groups in total. The summed E-state index contributed by atoms with van der Waals surface area (Å²) < 4.78 is 53.0. The van der Waals surface area contributed by atoms with Crippen molar-refractivity contribution in [1.29, 1.82) is 0 Å². The fraction of sp³-hybridized carbons (Fsp3) is 0.694. The van der Waals surface area contributed by atoms with Gasteiger partial charge in [0.05, 0.1) is 42.2 Å². The van der Waals surface area contributed by atoms with E-state index in [1.807, 2.05) is 24.3 Å². The zero-order valence-corrected chi connectivity index (χ0v) is 39.3. The third-order valence-corrected chi connectivity index (χ3v) is 17.8. The van der Waals surface area contributed by atoms with Gasteiger partial charge in [0, 0.05) is 37.4 Å². The number of sulfonamides is 1. The zero-order chi connectivity index (χ0) is 46.1. The summed E-state index contributed by atoms with van der Waals surface area (Å²) in [5, 5.41) is 6.79. The number of para-hydroxylation sites is 1. The largest absolute Gasteiger partial charge is 0.492 e. The molecule has 0 spiro atoms. The SMILES string of the molecule is C=CC1CC1(NC(=O)[C@@H]1C[C@@H]2CN1C(=O)[C@H](C1CCCCC1)NC(=O)O[C@@H]1CCC(CCCCc3c(nc4ccccc4c3OCCCN3CCOCC3)O2)C1)C(=O)NS(=O)(=O)C1(C)CC1. The Balaban J connectivity index is 1.05. The number of carbonyl (C=O) groups excluding carboxylic acids is 4. The molecule has 1 aromatic carbocycles. The van der Waals surface area contributed by atoms with Gasteiger partial charge in [-0.3, -0.25) is 24.0 Å². The fourth-order valence-electron chi connectivity index (χ4n) is 11.1. The standard InChI is InChI=1S/C49H68N6O10S/c1-3-34-30-49(34,46(58)53-66(60,61)48(2)20-21-48)52-43(56)40-29-36-31-55(40)45(57)41(33-13-5-4-6-14-33)51-47(59)65-35-19-18-32(28-35)12-7-8-16-38-42(63-25-11-22-54-23-26-62-27-24-54)37-15-9-10-17-39(37)50-44(38)64-36/h3,9-10,15,17,32-36,40-41H,1,4-8,11-14,16,18-31H2,2H3,(H,51,59)(H,52,56)(H,53,58)/t32?,34?,35-,36-,40+,41+,49?/m1/s1. The molecule has 360 valence electrons. The molecule has 4 bridgehead atoms. The quantitative estimate of drug-likeness (QED) is 0.184. The predicted molar refractivity (Wildman–Crippen MR) is 246 cm³/mol. The van der Waals surface area contributed by atoms with E-state index >= 15 is 4.79 Å². The molecule has 4 heterocycles. The van der Waals surface area contributed by atoms with Crippen LogP contribution in [0.3, 0.4) is 0 Å². The van der Waals surface area contributed by atoms with Crippen molar-refractivity contribution in [3.8, 4) is 11.6 Å². The number of hydrogen-bond acceptors (Lipinski definition) is 12. The van der Waals surface area contributed by atoms with Crippen LogP contribution < -0.4 is 24.8 Å². The van der Waals surface area contributed by atoms with Crippen LogP contribution in [-0.4, -0.2) is 128 Å². The van der Waals surface area contributed by atoms with E-state index < -0.39 is 68.2 Å². The molecule has 66 heavy (non-hydrogen) atoms. The molecule has 1 aromatic heterocycles. The third-order valence-electron chi connectivity index (χ3n) is 15.6. The molecule has 2 saturated heterocycles. The first-order valence-corrected chi connectivity index (χ1v) is 26.1. The molecule has 6 fully saturated rings. The van der Waals surface area contributed by atoms with E-state index in [-0.39, 0.29) is 31.4 Å². The maximum absolute atomic E-state index is 15.2. The van der Waals surface area contributed by atoms with Crippen LogP contribution in [-0.2, 0) is 40.3 Å². The summed E-state index contributed by atoms with van der Waals surface area (Å²) >= 11 is 0. The molecule has 17 heteroatoms. The number of morpholine rings is 1. The Morgan fingerprint density at radius 3 is 2.52 bits per heavy atom. The van der Waals surface area contributed by atoms with Gasteiger partial charge in [-0.05, 0) is 102 Å². The topological polar surface area (TPSA) is 195 Å². The zero-order valence-electron chi connectivity index (χ0n) is 38.4. The molecule has 7 aliphatic rings. The Kier molecular flexibility index (Phi) is 13.9. The normalized spacial score (nSPS) is 30.7. The lowest BCUT2D eigenvalue weighted by Crippen LogP contribution is -2.59. The van der Waals surface area contributed by atoms with E-state index in [0.717, 1.165) is 127 Å². The first kappa shape index (κ1) is 46.6. The second-order valence-corrected chi connectivity index (χ2v) is 22.4. The number of fused-ring (bicyclic) bond motifs is 6. The number of nitrogens with zero attached hydrogens (tertiary/aromatic N) is 3. The Morgan fingerprint density at radius 1 is 0.985 bits per heavy atom. The van der Waals surface area contributed by atoms with Crippen LogP contribution in [0.2, 0.25) is 0 Å². The highest BCUT2D eigenvalue weighted by atomic mass is 32.2. The minimum Gasteiger partial charge on any atom is -0.492 e. The highest BCUT2D eigenvalue weighted by molar-refractivity contribution is 7.91. The number of carbonyl (C=O) groups is 4. The lowest BCUT2D eigenvalue weighted by atomic mass is 9.83. The van der Waals surface area contributed by atoms with Gasteiger partial charge in [0.25, 0.3) is 5.91 Å². The summed E-state index contributed by atoms with van der Waals surface area (Å²) in [6.45, 7) is 10.1. The van der Waals surface area contributed by atoms with Crippen LogP contribution in [0, 0.1) is 17.8 Å². The van der Waals surface area contributed by atoms with Gasteiger partial charge in [-0.25, -0.2) is 18.2 Å². The van der Waals surface area contributed by atoms with Crippen LogP contribution >= 0.6 is 0 Å². The first-order valence-electron chi connectivity index (χ1n) is 24.7. The number of alkyl carbamates (subject to hydrolysis) is 1. The van der Waals surface area contributed by atoms with Gasteiger partial charge in [0.2, 0.25) is 27.7 Å². The van der Waals surface area contributed by atoms with Gasteiger partial charge < -0.3 is 34.5 Å². The highest BCUT2D eigenvalue weighted by Gasteiger charge is 2.63. The van der Waals surface area contributed by atoms with Crippen LogP contribution in [0.25, 0.3) is 10.9 Å². The number of pyridine rings is 1. The van der Waals surface area contributed by atoms with Gasteiger partial charge in [-0.15, -0.1) is 6.58 Å². The predicted octanol–water partition coefficient (Wildman–Crippen LogP) is 5.31. The van der Waals surface area contributed by atoms with Crippen molar-refractivity contribution in [2.75, 3.05) is 46.0 Å². The molecular formula is C49H68N6O10S. The summed E-state index contributed by atoms with van der Waals surface area (Å²) in [7, 11) is -4.01. The Labute approximate surface area is 388 Å². The molecule has 3 aliphatic heterocycles. The summed E-state index contributed by atoms with van der Waals surface area (Å²) in [5.41, 5.74) is -0.0201. The average molecular weight is 933 g/mol. The molecule has 7 atom stereocenters. The van der Waals surface area contributed by atoms with E-state index in [1.54, 1.807) is 13.0 Å². The van der Waals surface area contributed by atoms with Crippen molar-refractivity contribution in [2.45, 2.75) is 151 Å². The van der Waals surface area contributed by atoms with Gasteiger partial charge in [0.1, 0.15) is 35.6 Å². The minimum absolute atomic E-state index is 0.00166. The van der Waals surface area contributed by atoms with E-state index in [9.17, 15) is 22.8 Å². The molecular weight excluding hydrogens is 865 g/mol. The number of benzene rings is 1. The van der Waals surface area contributed by atoms with Gasteiger partial charge >= 0.3 is 6.09 Å². The van der Waals surface area contributed by atoms with Crippen LogP contribution in [0.15, 0.2) is 36.9 Å². The Morgan fingerprint density at radius 2 is 1.76 bits per heavy atom. The monoisotopic (exact) mass is 932 g/mol. The number of amides is 4. The molecule has 4 saturated carbocycles. The molecule has 4 amide bonds. The lowest BCUT2D eigenvalue weighted by Gasteiger charge is -2.34. The van der Waals surface area contributed by atoms with Crippen molar-refractivity contribution in [1.82, 2.24) is 30.1 Å². The van der Waals surface area contributed by atoms with Crippen LogP contribution in [0.4, 0.5) is 4.79 Å². The molecule has 9 rings (SSSR count). The number of aromatic nitrogens is 1. The first-order chi connectivity index (χ1) is 31.9. The van der Waals surface area contributed by atoms with Crippen molar-refractivity contribution in [3.63, 3.8) is 0 Å². The number of nitrogens with one attached hydrogen (secondary N) is 3. The summed E-state index contributed by atoms with van der Waals surface area (Å²) in [5.74, 6) is -1.04. The number of ether oxygens (including phenoxy) is 4. The lowest BCUT2D eigenvalue weighted by molar-refractivity contribution is -0.142. The minimum atomic E-state index is -4.01. The van der Waals surface area contributed by atoms with E-state index in [4.69, 9.17) is 23.9 Å².